The fourth-order valence-corrected chi connectivity index (χ4v) is 3.76. The Balaban J connectivity index is 1.88. The maximum Gasteiger partial charge on any atom is 0.310 e. The third kappa shape index (κ3) is 4.99. The molecule has 0 aliphatic carbocycles. The maximum absolute atomic E-state index is 12.4. The lowest BCUT2D eigenvalue weighted by Gasteiger charge is -2.31. The lowest BCUT2D eigenvalue weighted by Crippen LogP contribution is -2.43. The topological polar surface area (TPSA) is 46.6 Å². The van der Waals surface area contributed by atoms with E-state index < -0.39 is 0 Å². The second-order valence-electron chi connectivity index (χ2n) is 5.99. The molecule has 0 saturated carbocycles. The summed E-state index contributed by atoms with van der Waals surface area (Å²) in [5.74, 6) is 0.175. The van der Waals surface area contributed by atoms with Crippen LogP contribution < -0.4 is 0 Å². The van der Waals surface area contributed by atoms with E-state index in [1.54, 1.807) is 11.8 Å². The summed E-state index contributed by atoms with van der Waals surface area (Å²) in [6.07, 6.45) is 1.68. The SMILES string of the molecule is CCOC(=O)[C@@H]1CCCN(C(=O)CSc2ccc(C)cc2C)C1. The first-order valence-corrected chi connectivity index (χ1v) is 9.14. The van der Waals surface area contributed by atoms with E-state index in [2.05, 4.69) is 32.0 Å². The molecule has 1 heterocycles. The molecule has 1 atom stereocenters. The van der Waals surface area contributed by atoms with E-state index in [0.29, 0.717) is 18.9 Å². The van der Waals surface area contributed by atoms with Gasteiger partial charge in [-0.1, -0.05) is 17.7 Å². The van der Waals surface area contributed by atoms with Gasteiger partial charge in [-0.3, -0.25) is 9.59 Å². The number of esters is 1. The first-order chi connectivity index (χ1) is 11.0. The van der Waals surface area contributed by atoms with Crippen LogP contribution in [0.15, 0.2) is 23.1 Å². The number of benzene rings is 1. The summed E-state index contributed by atoms with van der Waals surface area (Å²) in [5.41, 5.74) is 2.43. The summed E-state index contributed by atoms with van der Waals surface area (Å²) in [4.78, 5) is 27.2. The maximum atomic E-state index is 12.4. The number of piperidine rings is 1. The molecule has 0 unspecified atom stereocenters. The number of hydrogen-bond acceptors (Lipinski definition) is 4. The molecule has 1 aromatic rings. The van der Waals surface area contributed by atoms with Crippen molar-refractivity contribution in [3.05, 3.63) is 29.3 Å². The van der Waals surface area contributed by atoms with E-state index in [1.807, 2.05) is 11.8 Å². The van der Waals surface area contributed by atoms with Crippen LogP contribution in [0.2, 0.25) is 0 Å². The highest BCUT2D eigenvalue weighted by Gasteiger charge is 2.29. The summed E-state index contributed by atoms with van der Waals surface area (Å²) >= 11 is 1.57. The molecule has 1 saturated heterocycles. The number of ether oxygens (including phenoxy) is 1. The Labute approximate surface area is 142 Å². The van der Waals surface area contributed by atoms with Crippen molar-refractivity contribution in [1.82, 2.24) is 4.90 Å². The molecule has 2 rings (SSSR count). The second kappa shape index (κ2) is 8.39. The minimum Gasteiger partial charge on any atom is -0.466 e. The Morgan fingerprint density at radius 1 is 1.35 bits per heavy atom. The Morgan fingerprint density at radius 3 is 2.83 bits per heavy atom. The number of carbonyl (C=O) groups is 2. The van der Waals surface area contributed by atoms with Gasteiger partial charge < -0.3 is 9.64 Å². The summed E-state index contributed by atoms with van der Waals surface area (Å²) < 4.78 is 5.08. The van der Waals surface area contributed by atoms with Crippen LogP contribution >= 0.6 is 11.8 Å². The van der Waals surface area contributed by atoms with Crippen LogP contribution in [0.5, 0.6) is 0 Å². The number of nitrogens with zero attached hydrogens (tertiary/aromatic N) is 1. The number of likely N-dealkylation sites (tertiary alicyclic amines) is 1. The van der Waals surface area contributed by atoms with Gasteiger partial charge in [-0.15, -0.1) is 11.8 Å². The van der Waals surface area contributed by atoms with Gasteiger partial charge in [0.25, 0.3) is 0 Å². The number of hydrogen-bond donors (Lipinski definition) is 0. The first kappa shape index (κ1) is 17.9. The van der Waals surface area contributed by atoms with Gasteiger partial charge in [0.1, 0.15) is 0 Å². The minimum atomic E-state index is -0.174. The summed E-state index contributed by atoms with van der Waals surface area (Å²) in [5, 5.41) is 0. The third-order valence-corrected chi connectivity index (χ3v) is 5.24. The Bertz CT molecular complexity index is 573. The molecule has 1 aromatic carbocycles. The van der Waals surface area contributed by atoms with Crippen LogP contribution in [0.4, 0.5) is 0 Å². The van der Waals surface area contributed by atoms with E-state index in [1.165, 1.54) is 11.1 Å². The van der Waals surface area contributed by atoms with Crippen molar-refractivity contribution in [2.24, 2.45) is 5.92 Å². The molecular formula is C18H25NO3S. The first-order valence-electron chi connectivity index (χ1n) is 8.15. The van der Waals surface area contributed by atoms with Crippen LogP contribution in [0.25, 0.3) is 0 Å². The fourth-order valence-electron chi connectivity index (χ4n) is 2.85. The van der Waals surface area contributed by atoms with Gasteiger partial charge in [-0.25, -0.2) is 0 Å². The standard InChI is InChI=1S/C18H25NO3S/c1-4-22-18(21)15-6-5-9-19(11-15)17(20)12-23-16-8-7-13(2)10-14(16)3/h7-8,10,15H,4-6,9,11-12H2,1-3H3/t15-/m1/s1. The number of carbonyl (C=O) groups excluding carboxylic acids is 2. The highest BCUT2D eigenvalue weighted by atomic mass is 32.2. The molecule has 0 spiro atoms. The molecular weight excluding hydrogens is 310 g/mol. The molecule has 4 nitrogen and oxygen atoms in total. The molecule has 1 fully saturated rings. The van der Waals surface area contributed by atoms with E-state index >= 15 is 0 Å². The largest absolute Gasteiger partial charge is 0.466 e. The molecule has 1 amide bonds. The van der Waals surface area contributed by atoms with Gasteiger partial charge in [0.05, 0.1) is 18.3 Å². The molecule has 1 aliphatic heterocycles. The predicted molar refractivity (Wildman–Crippen MR) is 92.6 cm³/mol. The summed E-state index contributed by atoms with van der Waals surface area (Å²) in [6, 6.07) is 6.27. The zero-order valence-corrected chi connectivity index (χ0v) is 14.9. The zero-order chi connectivity index (χ0) is 16.8. The average molecular weight is 335 g/mol. The number of rotatable bonds is 5. The molecule has 0 bridgehead atoms. The van der Waals surface area contributed by atoms with Gasteiger partial charge in [0, 0.05) is 18.0 Å². The molecule has 23 heavy (non-hydrogen) atoms. The highest BCUT2D eigenvalue weighted by molar-refractivity contribution is 8.00. The van der Waals surface area contributed by atoms with Crippen LogP contribution in [0, 0.1) is 19.8 Å². The Kier molecular flexibility index (Phi) is 6.51. The van der Waals surface area contributed by atoms with Gasteiger partial charge in [0.15, 0.2) is 0 Å². The Morgan fingerprint density at radius 2 is 2.13 bits per heavy atom. The normalized spacial score (nSPS) is 17.9. The predicted octanol–water partition coefficient (Wildman–Crippen LogP) is 3.20. The summed E-state index contributed by atoms with van der Waals surface area (Å²) in [6.45, 7) is 7.57. The van der Waals surface area contributed by atoms with E-state index in [4.69, 9.17) is 4.74 Å². The Hall–Kier alpha value is -1.49. The number of amides is 1. The summed E-state index contributed by atoms with van der Waals surface area (Å²) in [7, 11) is 0. The smallest absolute Gasteiger partial charge is 0.310 e. The lowest BCUT2D eigenvalue weighted by atomic mass is 9.98. The van der Waals surface area contributed by atoms with Crippen molar-refractivity contribution in [3.8, 4) is 0 Å². The van der Waals surface area contributed by atoms with Crippen molar-refractivity contribution in [1.29, 1.82) is 0 Å². The van der Waals surface area contributed by atoms with E-state index in [-0.39, 0.29) is 17.8 Å². The van der Waals surface area contributed by atoms with Crippen molar-refractivity contribution in [3.63, 3.8) is 0 Å². The van der Waals surface area contributed by atoms with Gasteiger partial charge in [-0.05, 0) is 45.2 Å². The highest BCUT2D eigenvalue weighted by Crippen LogP contribution is 2.25. The van der Waals surface area contributed by atoms with Crippen molar-refractivity contribution in [2.75, 3.05) is 25.4 Å². The number of aryl methyl sites for hydroxylation is 2. The van der Waals surface area contributed by atoms with Crippen molar-refractivity contribution >= 4 is 23.6 Å². The number of thioether (sulfide) groups is 1. The van der Waals surface area contributed by atoms with E-state index in [9.17, 15) is 9.59 Å². The van der Waals surface area contributed by atoms with Crippen molar-refractivity contribution < 1.29 is 14.3 Å². The molecule has 126 valence electrons. The van der Waals surface area contributed by atoms with Crippen LogP contribution in [0.1, 0.15) is 30.9 Å². The quantitative estimate of drug-likeness (QED) is 0.612. The fraction of sp³-hybridized carbons (Fsp3) is 0.556. The zero-order valence-electron chi connectivity index (χ0n) is 14.1. The van der Waals surface area contributed by atoms with Crippen LogP contribution in [-0.2, 0) is 14.3 Å². The average Bonchev–Trinajstić information content (AvgIpc) is 2.54. The van der Waals surface area contributed by atoms with Crippen molar-refractivity contribution in [2.45, 2.75) is 38.5 Å². The van der Waals surface area contributed by atoms with Crippen LogP contribution in [-0.4, -0.2) is 42.2 Å². The van der Waals surface area contributed by atoms with E-state index in [0.717, 1.165) is 24.3 Å². The van der Waals surface area contributed by atoms with Crippen LogP contribution in [0.3, 0.4) is 0 Å². The monoisotopic (exact) mass is 335 g/mol. The van der Waals surface area contributed by atoms with Gasteiger partial charge in [0.2, 0.25) is 5.91 Å². The minimum absolute atomic E-state index is 0.101. The van der Waals surface area contributed by atoms with Gasteiger partial charge >= 0.3 is 5.97 Å². The molecule has 5 heteroatoms. The third-order valence-electron chi connectivity index (χ3n) is 4.08. The molecule has 0 N–H and O–H groups in total. The lowest BCUT2D eigenvalue weighted by molar-refractivity contribution is -0.151. The molecule has 0 radical (unpaired) electrons. The molecule has 1 aliphatic rings. The van der Waals surface area contributed by atoms with Gasteiger partial charge in [-0.2, -0.15) is 0 Å². The second-order valence-corrected chi connectivity index (χ2v) is 7.01. The molecule has 0 aromatic heterocycles.